The first-order valence-corrected chi connectivity index (χ1v) is 9.28. The molecule has 0 unspecified atom stereocenters. The molecule has 1 aliphatic rings. The maximum Gasteiger partial charge on any atom is 0.257 e. The number of hydrogen-bond donors (Lipinski definition) is 1. The molecule has 1 saturated heterocycles. The maximum atomic E-state index is 12.8. The van der Waals surface area contributed by atoms with Gasteiger partial charge in [0.1, 0.15) is 0 Å². The van der Waals surface area contributed by atoms with Crippen molar-refractivity contribution in [1.29, 1.82) is 0 Å². The zero-order valence-electron chi connectivity index (χ0n) is 15.6. The van der Waals surface area contributed by atoms with Gasteiger partial charge in [0.05, 0.1) is 29.1 Å². The molecule has 0 radical (unpaired) electrons. The molecule has 0 saturated carbocycles. The molecule has 0 aromatic carbocycles. The molecule has 3 aromatic rings. The van der Waals surface area contributed by atoms with Crippen molar-refractivity contribution in [3.63, 3.8) is 0 Å². The molecule has 2 atom stereocenters. The molecule has 7 nitrogen and oxygen atoms in total. The molecule has 0 spiro atoms. The van der Waals surface area contributed by atoms with Crippen molar-refractivity contribution >= 4 is 16.8 Å². The van der Waals surface area contributed by atoms with E-state index >= 15 is 0 Å². The van der Waals surface area contributed by atoms with Gasteiger partial charge in [-0.1, -0.05) is 6.92 Å². The highest BCUT2D eigenvalue weighted by molar-refractivity contribution is 5.79. The highest BCUT2D eigenvalue weighted by Gasteiger charge is 2.30. The lowest BCUT2D eigenvalue weighted by atomic mass is 10.0. The topological polar surface area (TPSA) is 83.9 Å². The van der Waals surface area contributed by atoms with Crippen molar-refractivity contribution in [3.05, 3.63) is 58.4 Å². The van der Waals surface area contributed by atoms with Gasteiger partial charge in [-0.15, -0.1) is 0 Å². The fraction of sp³-hybridized carbons (Fsp3) is 0.400. The molecule has 0 bridgehead atoms. The number of fused-ring (bicyclic) bond motifs is 1. The Labute approximate surface area is 157 Å². The van der Waals surface area contributed by atoms with Gasteiger partial charge in [-0.2, -0.15) is 5.10 Å². The quantitative estimate of drug-likeness (QED) is 0.767. The summed E-state index contributed by atoms with van der Waals surface area (Å²) in [6, 6.07) is 7.41. The van der Waals surface area contributed by atoms with E-state index in [4.69, 9.17) is 0 Å². The number of nitrogens with one attached hydrogen (secondary N) is 1. The summed E-state index contributed by atoms with van der Waals surface area (Å²) < 4.78 is 1.82. The van der Waals surface area contributed by atoms with Crippen molar-refractivity contribution in [3.8, 4) is 0 Å². The predicted molar refractivity (Wildman–Crippen MR) is 102 cm³/mol. The number of carbonyl (C=O) groups excluding carboxylic acids is 1. The molecule has 1 amide bonds. The molecule has 27 heavy (non-hydrogen) atoms. The molecule has 0 aliphatic carbocycles. The van der Waals surface area contributed by atoms with Gasteiger partial charge in [0, 0.05) is 37.1 Å². The molecule has 7 heteroatoms. The lowest BCUT2D eigenvalue weighted by Crippen LogP contribution is -2.35. The number of pyridine rings is 2. The summed E-state index contributed by atoms with van der Waals surface area (Å²) in [6.07, 6.45) is 4.43. The molecule has 1 fully saturated rings. The van der Waals surface area contributed by atoms with E-state index in [-0.39, 0.29) is 23.3 Å². The van der Waals surface area contributed by atoms with Gasteiger partial charge in [0.15, 0.2) is 0 Å². The van der Waals surface area contributed by atoms with Crippen LogP contribution < -0.4 is 5.56 Å². The van der Waals surface area contributed by atoms with Crippen molar-refractivity contribution < 1.29 is 4.79 Å². The summed E-state index contributed by atoms with van der Waals surface area (Å²) >= 11 is 0. The summed E-state index contributed by atoms with van der Waals surface area (Å²) in [5, 5.41) is 4.95. The Hall–Kier alpha value is -2.96. The average molecular weight is 365 g/mol. The van der Waals surface area contributed by atoms with Crippen LogP contribution in [0.4, 0.5) is 0 Å². The average Bonchev–Trinajstić information content (AvgIpc) is 3.30. The minimum absolute atomic E-state index is 0.122. The number of aryl methyl sites for hydroxylation is 1. The van der Waals surface area contributed by atoms with Gasteiger partial charge in [-0.05, 0) is 37.6 Å². The van der Waals surface area contributed by atoms with Crippen LogP contribution in [0.2, 0.25) is 0 Å². The van der Waals surface area contributed by atoms with E-state index in [9.17, 15) is 9.59 Å². The molecule has 1 N–H and O–H groups in total. The number of aromatic amines is 1. The third kappa shape index (κ3) is 3.49. The van der Waals surface area contributed by atoms with Crippen molar-refractivity contribution in [1.82, 2.24) is 24.6 Å². The molecule has 4 heterocycles. The number of rotatable bonds is 4. The Morgan fingerprint density at radius 2 is 2.26 bits per heavy atom. The van der Waals surface area contributed by atoms with Gasteiger partial charge >= 0.3 is 0 Å². The SMILES string of the molecule is Cc1ccn(C[C@H](C)C(=O)N2CC[C@H](c3cc4ncccc4c(=O)[nH]3)C2)n1. The van der Waals surface area contributed by atoms with Gasteiger partial charge in [0.2, 0.25) is 5.91 Å². The first kappa shape index (κ1) is 17.5. The first-order valence-electron chi connectivity index (χ1n) is 9.28. The molecular weight excluding hydrogens is 342 g/mol. The summed E-state index contributed by atoms with van der Waals surface area (Å²) in [7, 11) is 0. The second kappa shape index (κ2) is 6.98. The molecule has 140 valence electrons. The van der Waals surface area contributed by atoms with Crippen molar-refractivity contribution in [2.45, 2.75) is 32.7 Å². The van der Waals surface area contributed by atoms with Crippen LogP contribution in [0.15, 0.2) is 41.5 Å². The smallest absolute Gasteiger partial charge is 0.257 e. The fourth-order valence-corrected chi connectivity index (χ4v) is 3.78. The molecule has 1 aliphatic heterocycles. The van der Waals surface area contributed by atoms with Crippen LogP contribution in [-0.2, 0) is 11.3 Å². The molecule has 3 aromatic heterocycles. The van der Waals surface area contributed by atoms with Crippen molar-refractivity contribution in [2.75, 3.05) is 13.1 Å². The Morgan fingerprint density at radius 1 is 1.41 bits per heavy atom. The van der Waals surface area contributed by atoms with Crippen LogP contribution in [0.1, 0.15) is 30.7 Å². The number of H-pyrrole nitrogens is 1. The summed E-state index contributed by atoms with van der Waals surface area (Å²) in [5.41, 5.74) is 2.38. The van der Waals surface area contributed by atoms with Crippen LogP contribution >= 0.6 is 0 Å². The second-order valence-corrected chi connectivity index (χ2v) is 7.34. The van der Waals surface area contributed by atoms with Crippen LogP contribution in [-0.4, -0.2) is 43.6 Å². The fourth-order valence-electron chi connectivity index (χ4n) is 3.78. The van der Waals surface area contributed by atoms with Crippen molar-refractivity contribution in [2.24, 2.45) is 5.92 Å². The lowest BCUT2D eigenvalue weighted by Gasteiger charge is -2.21. The zero-order valence-corrected chi connectivity index (χ0v) is 15.6. The van der Waals surface area contributed by atoms with E-state index in [1.54, 1.807) is 18.3 Å². The number of amides is 1. The minimum Gasteiger partial charge on any atom is -0.342 e. The highest BCUT2D eigenvalue weighted by Crippen LogP contribution is 2.27. The van der Waals surface area contributed by atoms with E-state index in [1.807, 2.05) is 41.8 Å². The third-order valence-corrected chi connectivity index (χ3v) is 5.23. The standard InChI is InChI=1S/C20H23N5O2/c1-13(11-25-9-5-14(2)23-25)20(27)24-8-6-15(12-24)17-10-18-16(19(26)22-17)4-3-7-21-18/h3-5,7,9-10,13,15H,6,8,11-12H2,1-2H3,(H,22,26)/t13-,15-/m0/s1. The van der Waals surface area contributed by atoms with Gasteiger partial charge in [-0.3, -0.25) is 19.3 Å². The Kier molecular flexibility index (Phi) is 4.51. The summed E-state index contributed by atoms with van der Waals surface area (Å²) in [4.78, 5) is 34.3. The monoisotopic (exact) mass is 365 g/mol. The number of likely N-dealkylation sites (tertiary alicyclic amines) is 1. The highest BCUT2D eigenvalue weighted by atomic mass is 16.2. The van der Waals surface area contributed by atoms with Gasteiger partial charge in [-0.25, -0.2) is 0 Å². The number of carbonyl (C=O) groups is 1. The maximum absolute atomic E-state index is 12.8. The van der Waals surface area contributed by atoms with E-state index in [0.717, 1.165) is 17.8 Å². The van der Waals surface area contributed by atoms with Gasteiger partial charge < -0.3 is 9.88 Å². The van der Waals surface area contributed by atoms with Crippen LogP contribution in [0.3, 0.4) is 0 Å². The Balaban J connectivity index is 1.46. The van der Waals surface area contributed by atoms with Gasteiger partial charge in [0.25, 0.3) is 5.56 Å². The van der Waals surface area contributed by atoms with E-state index in [2.05, 4.69) is 15.1 Å². The Bertz CT molecular complexity index is 1040. The predicted octanol–water partition coefficient (Wildman–Crippen LogP) is 2.08. The largest absolute Gasteiger partial charge is 0.342 e. The summed E-state index contributed by atoms with van der Waals surface area (Å²) in [5.74, 6) is 0.125. The Morgan fingerprint density at radius 3 is 3.04 bits per heavy atom. The minimum atomic E-state index is -0.139. The normalized spacial score (nSPS) is 18.1. The van der Waals surface area contributed by atoms with Crippen LogP contribution in [0.5, 0.6) is 0 Å². The summed E-state index contributed by atoms with van der Waals surface area (Å²) in [6.45, 7) is 5.77. The third-order valence-electron chi connectivity index (χ3n) is 5.23. The van der Waals surface area contributed by atoms with E-state index in [0.29, 0.717) is 30.5 Å². The first-order chi connectivity index (χ1) is 13.0. The van der Waals surface area contributed by atoms with Crippen LogP contribution in [0.25, 0.3) is 10.9 Å². The molecular formula is C20H23N5O2. The lowest BCUT2D eigenvalue weighted by molar-refractivity contribution is -0.134. The zero-order chi connectivity index (χ0) is 19.0. The number of aromatic nitrogens is 4. The number of hydrogen-bond acceptors (Lipinski definition) is 4. The second-order valence-electron chi connectivity index (χ2n) is 7.34. The van der Waals surface area contributed by atoms with Crippen LogP contribution in [0, 0.1) is 12.8 Å². The number of nitrogens with zero attached hydrogens (tertiary/aromatic N) is 4. The van der Waals surface area contributed by atoms with E-state index < -0.39 is 0 Å². The van der Waals surface area contributed by atoms with E-state index in [1.165, 1.54) is 0 Å². The molecule has 4 rings (SSSR count).